The van der Waals surface area contributed by atoms with Crippen molar-refractivity contribution in [1.29, 1.82) is 0 Å². The van der Waals surface area contributed by atoms with Crippen LogP contribution in [0.3, 0.4) is 0 Å². The maximum atomic E-state index is 11.1. The third kappa shape index (κ3) is 5.55. The summed E-state index contributed by atoms with van der Waals surface area (Å²) in [4.78, 5) is 17.6. The second kappa shape index (κ2) is 8.97. The summed E-state index contributed by atoms with van der Waals surface area (Å²) < 4.78 is 0. The summed E-state index contributed by atoms with van der Waals surface area (Å²) in [6.45, 7) is 9.83. The van der Waals surface area contributed by atoms with Gasteiger partial charge in [0, 0.05) is 24.3 Å². The van der Waals surface area contributed by atoms with Crippen LogP contribution in [0.25, 0.3) is 6.08 Å². The summed E-state index contributed by atoms with van der Waals surface area (Å²) in [5.41, 5.74) is 3.27. The van der Waals surface area contributed by atoms with Crippen LogP contribution in [0.15, 0.2) is 35.9 Å². The number of aryl methyl sites for hydroxylation is 1. The molecule has 0 bridgehead atoms. The van der Waals surface area contributed by atoms with Crippen LogP contribution in [0.4, 0.5) is 0 Å². The quantitative estimate of drug-likeness (QED) is 0.741. The summed E-state index contributed by atoms with van der Waals surface area (Å²) in [6, 6.07) is 4.12. The fourth-order valence-corrected chi connectivity index (χ4v) is 3.20. The number of allylic oxidation sites excluding steroid dienone is 1. The van der Waals surface area contributed by atoms with Crippen molar-refractivity contribution < 1.29 is 9.90 Å². The lowest BCUT2D eigenvalue weighted by molar-refractivity contribution is -0.141. The molecule has 2 atom stereocenters. The summed E-state index contributed by atoms with van der Waals surface area (Å²) in [5, 5.41) is 9.82. The maximum absolute atomic E-state index is 11.1. The van der Waals surface area contributed by atoms with Crippen molar-refractivity contribution in [3.8, 4) is 0 Å². The molecule has 25 heavy (non-hydrogen) atoms. The summed E-state index contributed by atoms with van der Waals surface area (Å²) >= 11 is 6.44. The van der Waals surface area contributed by atoms with Crippen molar-refractivity contribution in [3.63, 3.8) is 0 Å². The highest BCUT2D eigenvalue weighted by molar-refractivity contribution is 6.32. The number of rotatable bonds is 7. The van der Waals surface area contributed by atoms with Gasteiger partial charge in [-0.15, -0.1) is 0 Å². The van der Waals surface area contributed by atoms with E-state index in [9.17, 15) is 4.79 Å². The van der Waals surface area contributed by atoms with E-state index in [4.69, 9.17) is 16.7 Å². The molecule has 0 aliphatic carbocycles. The van der Waals surface area contributed by atoms with Crippen molar-refractivity contribution in [2.75, 3.05) is 13.1 Å². The summed E-state index contributed by atoms with van der Waals surface area (Å²) in [5.74, 6) is -0.957. The Kier molecular flexibility index (Phi) is 6.97. The zero-order valence-electron chi connectivity index (χ0n) is 14.8. The highest BCUT2D eigenvalue weighted by Crippen LogP contribution is 2.26. The second-order valence-electron chi connectivity index (χ2n) is 6.49. The maximum Gasteiger partial charge on any atom is 0.307 e. The number of benzene rings is 1. The molecule has 0 saturated carbocycles. The molecule has 1 fully saturated rings. The standard InChI is InChI=1S/C20H25ClN2O2/c1-4-8-22-15(3)5-6-16-10-14(2)18(11-19(16)21)13-23-9-7-17(12-23)20(24)25/h4-6,8,10-11,15,17H,1,7,9,12-13H2,2-3H3,(H,24,25)/b6-5+,22-8?/t15?,17-/m1/s1. The number of carboxylic acid groups (broad SMARTS) is 1. The number of nitrogens with zero attached hydrogens (tertiary/aromatic N) is 2. The third-order valence-electron chi connectivity index (χ3n) is 4.45. The molecule has 1 heterocycles. The summed E-state index contributed by atoms with van der Waals surface area (Å²) in [7, 11) is 0. The van der Waals surface area contributed by atoms with Crippen LogP contribution < -0.4 is 0 Å². The fraction of sp³-hybridized carbons (Fsp3) is 0.400. The third-order valence-corrected chi connectivity index (χ3v) is 4.78. The smallest absolute Gasteiger partial charge is 0.307 e. The highest BCUT2D eigenvalue weighted by Gasteiger charge is 2.28. The van der Waals surface area contributed by atoms with Crippen LogP contribution in [-0.4, -0.2) is 41.3 Å². The Hall–Kier alpha value is -1.91. The van der Waals surface area contributed by atoms with Crippen molar-refractivity contribution >= 4 is 29.9 Å². The Labute approximate surface area is 154 Å². The van der Waals surface area contributed by atoms with E-state index in [1.165, 1.54) is 0 Å². The molecule has 4 nitrogen and oxygen atoms in total. The Bertz CT molecular complexity index is 697. The number of hydrogen-bond donors (Lipinski definition) is 1. The lowest BCUT2D eigenvalue weighted by Gasteiger charge is -2.18. The predicted molar refractivity (Wildman–Crippen MR) is 104 cm³/mol. The second-order valence-corrected chi connectivity index (χ2v) is 6.90. The zero-order chi connectivity index (χ0) is 18.4. The molecule has 2 rings (SSSR count). The molecule has 0 spiro atoms. The van der Waals surface area contributed by atoms with Gasteiger partial charge < -0.3 is 5.11 Å². The number of aliphatic carboxylic acids is 1. The van der Waals surface area contributed by atoms with Crippen LogP contribution in [0.2, 0.25) is 5.02 Å². The van der Waals surface area contributed by atoms with E-state index in [0.717, 1.165) is 29.8 Å². The Balaban J connectivity index is 2.07. The number of aliphatic imine (C=N–C) groups is 1. The molecule has 1 unspecified atom stereocenters. The van der Waals surface area contributed by atoms with Gasteiger partial charge in [0.2, 0.25) is 0 Å². The number of carbonyl (C=O) groups is 1. The molecule has 1 N–H and O–H groups in total. The monoisotopic (exact) mass is 360 g/mol. The van der Waals surface area contributed by atoms with Gasteiger partial charge in [0.1, 0.15) is 0 Å². The first-order chi connectivity index (χ1) is 11.9. The number of likely N-dealkylation sites (tertiary alicyclic amines) is 1. The molecular weight excluding hydrogens is 336 g/mol. The molecule has 1 aromatic rings. The van der Waals surface area contributed by atoms with Crippen LogP contribution in [0, 0.1) is 12.8 Å². The van der Waals surface area contributed by atoms with Gasteiger partial charge in [-0.25, -0.2) is 0 Å². The van der Waals surface area contributed by atoms with Gasteiger partial charge in [0.25, 0.3) is 0 Å². The average molecular weight is 361 g/mol. The number of hydrogen-bond acceptors (Lipinski definition) is 3. The molecule has 1 saturated heterocycles. The average Bonchev–Trinajstić information content (AvgIpc) is 3.03. The molecule has 0 amide bonds. The van der Waals surface area contributed by atoms with Crippen LogP contribution in [0.1, 0.15) is 30.0 Å². The van der Waals surface area contributed by atoms with E-state index in [1.54, 1.807) is 12.3 Å². The van der Waals surface area contributed by atoms with Crippen molar-refractivity contribution in [3.05, 3.63) is 52.6 Å². The molecule has 1 aliphatic heterocycles. The number of carboxylic acids is 1. The van der Waals surface area contributed by atoms with Gasteiger partial charge in [-0.1, -0.05) is 42.5 Å². The topological polar surface area (TPSA) is 52.9 Å². The van der Waals surface area contributed by atoms with Crippen LogP contribution in [-0.2, 0) is 11.3 Å². The first-order valence-corrected chi connectivity index (χ1v) is 8.85. The normalized spacial score (nSPS) is 19.7. The molecule has 5 heteroatoms. The molecule has 1 aliphatic rings. The minimum atomic E-state index is -0.703. The SMILES string of the molecule is C=CC=NC(C)/C=C/c1cc(C)c(CN2CC[C@@H](C(=O)O)C2)cc1Cl. The Morgan fingerprint density at radius 3 is 2.96 bits per heavy atom. The largest absolute Gasteiger partial charge is 0.481 e. The van der Waals surface area contributed by atoms with E-state index >= 15 is 0 Å². The van der Waals surface area contributed by atoms with Crippen LogP contribution in [0.5, 0.6) is 0 Å². The van der Waals surface area contributed by atoms with Gasteiger partial charge in [-0.3, -0.25) is 14.7 Å². The number of halogens is 1. The molecule has 0 radical (unpaired) electrons. The van der Waals surface area contributed by atoms with E-state index in [-0.39, 0.29) is 12.0 Å². The lowest BCUT2D eigenvalue weighted by Crippen LogP contribution is -2.23. The molecule has 0 aromatic heterocycles. The summed E-state index contributed by atoms with van der Waals surface area (Å²) in [6.07, 6.45) is 8.04. The first kappa shape index (κ1) is 19.4. The predicted octanol–water partition coefficient (Wildman–Crippen LogP) is 4.21. The van der Waals surface area contributed by atoms with Gasteiger partial charge in [-0.05, 0) is 49.6 Å². The zero-order valence-corrected chi connectivity index (χ0v) is 15.5. The van der Waals surface area contributed by atoms with E-state index < -0.39 is 5.97 Å². The van der Waals surface area contributed by atoms with Gasteiger partial charge in [-0.2, -0.15) is 0 Å². The van der Waals surface area contributed by atoms with Gasteiger partial charge in [0.05, 0.1) is 12.0 Å². The molecule has 134 valence electrons. The van der Waals surface area contributed by atoms with Crippen LogP contribution >= 0.6 is 11.6 Å². The van der Waals surface area contributed by atoms with Gasteiger partial charge in [0.15, 0.2) is 0 Å². The molecule has 1 aromatic carbocycles. The minimum Gasteiger partial charge on any atom is -0.481 e. The van der Waals surface area contributed by atoms with E-state index in [2.05, 4.69) is 29.5 Å². The Morgan fingerprint density at radius 2 is 2.32 bits per heavy atom. The Morgan fingerprint density at radius 1 is 1.56 bits per heavy atom. The van der Waals surface area contributed by atoms with Crippen molar-refractivity contribution in [2.45, 2.75) is 32.9 Å². The highest BCUT2D eigenvalue weighted by atomic mass is 35.5. The fourth-order valence-electron chi connectivity index (χ4n) is 2.95. The van der Waals surface area contributed by atoms with E-state index in [1.807, 2.05) is 25.1 Å². The minimum absolute atomic E-state index is 0.0617. The van der Waals surface area contributed by atoms with Crippen molar-refractivity contribution in [2.24, 2.45) is 10.9 Å². The lowest BCUT2D eigenvalue weighted by atomic mass is 10.0. The molecular formula is C20H25ClN2O2. The van der Waals surface area contributed by atoms with E-state index in [0.29, 0.717) is 18.0 Å². The first-order valence-electron chi connectivity index (χ1n) is 8.47. The van der Waals surface area contributed by atoms with Gasteiger partial charge >= 0.3 is 5.97 Å². The van der Waals surface area contributed by atoms with Crippen molar-refractivity contribution in [1.82, 2.24) is 4.90 Å².